The average molecular weight is 364 g/mol. The molecular weight excluding hydrogens is 357 g/mol. The molecule has 22 heavy (non-hydrogen) atoms. The highest BCUT2D eigenvalue weighted by Crippen LogP contribution is 2.60. The molecule has 0 heterocycles. The number of halogens is 13. The predicted octanol–water partition coefficient (Wildman–Crippen LogP) is 3.36. The second-order valence-corrected chi connectivity index (χ2v) is 4.32. The Hall–Kier alpha value is -0.950. The summed E-state index contributed by atoms with van der Waals surface area (Å²) in [5, 5.41) is 0. The topological polar surface area (TPSA) is 27.6 Å². The molecule has 0 spiro atoms. The van der Waals surface area contributed by atoms with Gasteiger partial charge in [-0.15, -0.1) is 0 Å². The van der Waals surface area contributed by atoms with Crippen LogP contribution in [0.25, 0.3) is 0 Å². The van der Waals surface area contributed by atoms with Crippen molar-refractivity contribution >= 4 is 0 Å². The van der Waals surface area contributed by atoms with E-state index >= 15 is 0 Å². The molecule has 0 amide bonds. The summed E-state index contributed by atoms with van der Waals surface area (Å²) in [7, 11) is 0. The van der Waals surface area contributed by atoms with Gasteiger partial charge in [0, 0.05) is 0 Å². The Kier molecular flexibility index (Phi) is 4.81. The molecule has 14 heteroatoms. The van der Waals surface area contributed by atoms with Crippen molar-refractivity contribution in [2.75, 3.05) is 0 Å². The van der Waals surface area contributed by atoms with E-state index in [4.69, 9.17) is 0 Å². The predicted molar refractivity (Wildman–Crippen MR) is 43.1 cm³/mol. The number of alkyl halides is 13. The van der Waals surface area contributed by atoms with Crippen LogP contribution in [-0.4, -0.2) is 41.8 Å². The van der Waals surface area contributed by atoms with Gasteiger partial charge in [-0.1, -0.05) is 0 Å². The molecule has 0 aromatic heterocycles. The Morgan fingerprint density at radius 1 is 0.545 bits per heavy atom. The maximum absolute atomic E-state index is 12.9. The van der Waals surface area contributed by atoms with Gasteiger partial charge in [0.05, 0.1) is 0 Å². The van der Waals surface area contributed by atoms with Gasteiger partial charge >= 0.3 is 35.8 Å². The Labute approximate surface area is 113 Å². The molecule has 1 atom stereocenters. The third-order valence-electron chi connectivity index (χ3n) is 2.58. The van der Waals surface area contributed by atoms with E-state index < -0.39 is 41.8 Å². The lowest BCUT2D eigenvalue weighted by atomic mass is 9.91. The van der Waals surface area contributed by atoms with Crippen LogP contribution in [0.5, 0.6) is 0 Å². The number of quaternary nitrogens is 1. The highest BCUT2D eigenvalue weighted by molar-refractivity contribution is 5.10. The van der Waals surface area contributed by atoms with Gasteiger partial charge in [0.15, 0.2) is 6.04 Å². The fourth-order valence-electron chi connectivity index (χ4n) is 1.09. The van der Waals surface area contributed by atoms with Gasteiger partial charge in [0.2, 0.25) is 0 Å². The van der Waals surface area contributed by atoms with Crippen molar-refractivity contribution in [1.82, 2.24) is 0 Å². The zero-order valence-electron chi connectivity index (χ0n) is 10.2. The molecule has 0 aromatic rings. The average Bonchev–Trinajstić information content (AvgIpc) is 2.25. The summed E-state index contributed by atoms with van der Waals surface area (Å²) in [5.74, 6) is -36.6. The molecule has 1 nitrogen and oxygen atoms in total. The van der Waals surface area contributed by atoms with Gasteiger partial charge in [-0.3, -0.25) is 0 Å². The Bertz CT molecular complexity index is 407. The highest BCUT2D eigenvalue weighted by atomic mass is 19.4. The molecular formula is C8H7F13N+. The van der Waals surface area contributed by atoms with Crippen LogP contribution in [0.15, 0.2) is 0 Å². The first-order valence-corrected chi connectivity index (χ1v) is 4.98. The van der Waals surface area contributed by atoms with Crippen LogP contribution in [0.3, 0.4) is 0 Å². The minimum absolute atomic E-state index is 0.0457. The molecule has 0 aromatic carbocycles. The van der Waals surface area contributed by atoms with Crippen molar-refractivity contribution in [3.8, 4) is 0 Å². The van der Waals surface area contributed by atoms with Gasteiger partial charge in [-0.25, -0.2) is 0 Å². The monoisotopic (exact) mass is 364 g/mol. The molecule has 3 N–H and O–H groups in total. The number of rotatable bonds is 5. The number of hydrogen-bond donors (Lipinski definition) is 1. The van der Waals surface area contributed by atoms with Crippen molar-refractivity contribution in [2.24, 2.45) is 0 Å². The first kappa shape index (κ1) is 21.0. The van der Waals surface area contributed by atoms with Crippen LogP contribution < -0.4 is 5.73 Å². The van der Waals surface area contributed by atoms with Crippen molar-refractivity contribution in [3.63, 3.8) is 0 Å². The van der Waals surface area contributed by atoms with Crippen LogP contribution in [0.2, 0.25) is 0 Å². The maximum atomic E-state index is 12.9. The van der Waals surface area contributed by atoms with E-state index in [1.54, 1.807) is 0 Å². The normalized spacial score (nSPS) is 17.6. The lowest BCUT2D eigenvalue weighted by Crippen LogP contribution is -2.77. The summed E-state index contributed by atoms with van der Waals surface area (Å²) in [6.07, 6.45) is -7.39. The number of hydrogen-bond acceptors (Lipinski definition) is 0. The summed E-state index contributed by atoms with van der Waals surface area (Å²) >= 11 is 0. The molecule has 0 radical (unpaired) electrons. The van der Waals surface area contributed by atoms with Crippen LogP contribution >= 0.6 is 0 Å². The van der Waals surface area contributed by atoms with Gasteiger partial charge in [0.25, 0.3) is 0 Å². The Morgan fingerprint density at radius 2 is 0.818 bits per heavy atom. The van der Waals surface area contributed by atoms with Gasteiger partial charge in [-0.2, -0.15) is 57.1 Å². The summed E-state index contributed by atoms with van der Waals surface area (Å²) in [4.78, 5) is 0. The summed E-state index contributed by atoms with van der Waals surface area (Å²) in [6, 6.07) is -3.01. The van der Waals surface area contributed by atoms with E-state index in [9.17, 15) is 57.1 Å². The molecule has 0 saturated carbocycles. The van der Waals surface area contributed by atoms with E-state index in [1.807, 2.05) is 0 Å². The third kappa shape index (κ3) is 2.48. The van der Waals surface area contributed by atoms with E-state index in [-0.39, 0.29) is 6.92 Å². The largest absolute Gasteiger partial charge is 0.460 e. The molecule has 0 bridgehead atoms. The van der Waals surface area contributed by atoms with Crippen molar-refractivity contribution in [3.05, 3.63) is 0 Å². The minimum atomic E-state index is -7.85. The van der Waals surface area contributed by atoms with E-state index in [1.165, 1.54) is 0 Å². The highest BCUT2D eigenvalue weighted by Gasteiger charge is 2.91. The van der Waals surface area contributed by atoms with E-state index in [2.05, 4.69) is 5.73 Å². The molecule has 0 rings (SSSR count). The zero-order chi connectivity index (χ0) is 18.6. The van der Waals surface area contributed by atoms with Gasteiger partial charge in [0.1, 0.15) is 0 Å². The molecule has 0 aliphatic heterocycles. The molecule has 0 aliphatic rings. The molecule has 134 valence electrons. The Morgan fingerprint density at radius 3 is 1.05 bits per heavy atom. The van der Waals surface area contributed by atoms with Crippen molar-refractivity contribution in [2.45, 2.75) is 48.8 Å². The Balaban J connectivity index is 6.24. The zero-order valence-corrected chi connectivity index (χ0v) is 10.2. The lowest BCUT2D eigenvalue weighted by molar-refractivity contribution is -0.501. The first-order chi connectivity index (χ1) is 9.19. The molecule has 0 fully saturated rings. The standard InChI is InChI=1S/C8H6F13N/c1-2(22)3(9,10)4(11,12)5(13,14)6(15,16)7(17,18)8(19,20)21/h2H,22H2,1H3/p+1. The minimum Gasteiger partial charge on any atom is -0.350 e. The van der Waals surface area contributed by atoms with E-state index in [0.717, 1.165) is 0 Å². The SMILES string of the molecule is CC([NH3+])C(F)(F)C(F)(F)C(F)(F)C(F)(F)C(F)(F)C(F)(F)F. The molecule has 0 aliphatic carbocycles. The molecule has 1 unspecified atom stereocenters. The first-order valence-electron chi connectivity index (χ1n) is 4.98. The van der Waals surface area contributed by atoms with Crippen LogP contribution in [0.4, 0.5) is 57.1 Å². The quantitative estimate of drug-likeness (QED) is 0.725. The second kappa shape index (κ2) is 5.03. The summed E-state index contributed by atoms with van der Waals surface area (Å²) in [6.45, 7) is 0.0457. The van der Waals surface area contributed by atoms with Crippen molar-refractivity contribution in [1.29, 1.82) is 0 Å². The lowest BCUT2D eigenvalue weighted by Gasteiger charge is -2.39. The van der Waals surface area contributed by atoms with Gasteiger partial charge in [-0.05, 0) is 6.92 Å². The maximum Gasteiger partial charge on any atom is 0.460 e. The summed E-state index contributed by atoms with van der Waals surface area (Å²) < 4.78 is 163. The molecule has 0 saturated heterocycles. The van der Waals surface area contributed by atoms with Crippen LogP contribution in [0.1, 0.15) is 6.92 Å². The van der Waals surface area contributed by atoms with Crippen molar-refractivity contribution < 1.29 is 62.8 Å². The fourth-order valence-corrected chi connectivity index (χ4v) is 1.09. The third-order valence-corrected chi connectivity index (χ3v) is 2.58. The van der Waals surface area contributed by atoms with Crippen LogP contribution in [-0.2, 0) is 0 Å². The van der Waals surface area contributed by atoms with Crippen LogP contribution in [0, 0.1) is 0 Å². The van der Waals surface area contributed by atoms with E-state index in [0.29, 0.717) is 0 Å². The summed E-state index contributed by atoms with van der Waals surface area (Å²) in [5.41, 5.74) is 2.16. The smallest absolute Gasteiger partial charge is 0.350 e. The van der Waals surface area contributed by atoms with Gasteiger partial charge < -0.3 is 5.73 Å². The fraction of sp³-hybridized carbons (Fsp3) is 1.00. The second-order valence-electron chi connectivity index (χ2n) is 4.32.